The molecule has 0 saturated heterocycles. The minimum atomic E-state index is 0.0984. The Hall–Kier alpha value is -5.55. The summed E-state index contributed by atoms with van der Waals surface area (Å²) in [6.45, 7) is 4.00. The summed E-state index contributed by atoms with van der Waals surface area (Å²) in [7, 11) is 0. The third-order valence-corrected chi connectivity index (χ3v) is 13.1. The number of nitrogens with zero attached hydrogens (tertiary/aromatic N) is 1. The molecule has 2 nitrogen and oxygen atoms in total. The first-order chi connectivity index (χ1) is 26.3. The van der Waals surface area contributed by atoms with Gasteiger partial charge in [-0.1, -0.05) is 147 Å². The lowest BCUT2D eigenvalue weighted by Gasteiger charge is -2.15. The number of thioether (sulfide) groups is 1. The highest BCUT2D eigenvalue weighted by Crippen LogP contribution is 2.56. The van der Waals surface area contributed by atoms with E-state index in [1.807, 2.05) is 36.9 Å². The Morgan fingerprint density at radius 3 is 2.17 bits per heavy atom. The summed E-state index contributed by atoms with van der Waals surface area (Å²) in [6.07, 6.45) is 8.88. The molecule has 0 bridgehead atoms. The molecule has 0 saturated carbocycles. The van der Waals surface area contributed by atoms with Crippen LogP contribution in [0, 0.1) is 0 Å². The van der Waals surface area contributed by atoms with Gasteiger partial charge < -0.3 is 9.88 Å². The summed E-state index contributed by atoms with van der Waals surface area (Å²) in [5.74, 6) is 0. The molecule has 53 heavy (non-hydrogen) atoms. The van der Waals surface area contributed by atoms with Crippen LogP contribution in [0.4, 0.5) is 5.69 Å². The van der Waals surface area contributed by atoms with E-state index in [0.29, 0.717) is 0 Å². The van der Waals surface area contributed by atoms with Gasteiger partial charge >= 0.3 is 0 Å². The van der Waals surface area contributed by atoms with E-state index in [1.54, 1.807) is 0 Å². The maximum absolute atomic E-state index is 4.06. The fourth-order valence-electron chi connectivity index (χ4n) is 8.32. The molecular weight excluding hydrogens is 681 g/mol. The first kappa shape index (κ1) is 32.1. The summed E-state index contributed by atoms with van der Waals surface area (Å²) < 4.78 is 5.13. The zero-order valence-electron chi connectivity index (χ0n) is 29.8. The SMILES string of the molecule is C1=CCCC(n2c3ccccc3c3cc(C4Nc5c(c(-c6ccc(-c7cccc8ccccc78)cc6)cc6sc7ccccc7c56)S4)ccc32)=C1.CC. The van der Waals surface area contributed by atoms with E-state index in [0.717, 1.165) is 12.8 Å². The second kappa shape index (κ2) is 13.1. The highest BCUT2D eigenvalue weighted by molar-refractivity contribution is 8.00. The van der Waals surface area contributed by atoms with Gasteiger partial charge in [0.25, 0.3) is 0 Å². The number of thiophene rings is 1. The van der Waals surface area contributed by atoms with Crippen molar-refractivity contribution in [2.24, 2.45) is 0 Å². The van der Waals surface area contributed by atoms with E-state index in [9.17, 15) is 0 Å². The molecule has 4 heteroatoms. The summed E-state index contributed by atoms with van der Waals surface area (Å²) in [5.41, 5.74) is 11.5. The number of para-hydroxylation sites is 1. The monoisotopic (exact) mass is 718 g/mol. The van der Waals surface area contributed by atoms with Crippen molar-refractivity contribution >= 4 is 87.2 Å². The van der Waals surface area contributed by atoms with Gasteiger partial charge in [0.1, 0.15) is 5.37 Å². The maximum Gasteiger partial charge on any atom is 0.103 e. The van der Waals surface area contributed by atoms with Crippen molar-refractivity contribution in [3.8, 4) is 22.3 Å². The number of fused-ring (bicyclic) bond motifs is 9. The molecule has 1 unspecified atom stereocenters. The van der Waals surface area contributed by atoms with Crippen molar-refractivity contribution in [3.05, 3.63) is 163 Å². The molecule has 1 aliphatic carbocycles. The molecule has 2 aliphatic rings. The third kappa shape index (κ3) is 5.23. The van der Waals surface area contributed by atoms with Crippen LogP contribution in [0.25, 0.3) is 80.7 Å². The van der Waals surface area contributed by atoms with Crippen molar-refractivity contribution < 1.29 is 0 Å². The molecule has 1 aliphatic heterocycles. The first-order valence-electron chi connectivity index (χ1n) is 18.7. The van der Waals surface area contributed by atoms with E-state index in [4.69, 9.17) is 0 Å². The van der Waals surface area contributed by atoms with Gasteiger partial charge in [-0.25, -0.2) is 0 Å². The molecule has 0 radical (unpaired) electrons. The Morgan fingerprint density at radius 2 is 1.34 bits per heavy atom. The fraction of sp³-hybridized carbons (Fsp3) is 0.102. The van der Waals surface area contributed by atoms with E-state index in [-0.39, 0.29) is 5.37 Å². The minimum Gasteiger partial charge on any atom is -0.368 e. The van der Waals surface area contributed by atoms with Crippen molar-refractivity contribution in [3.63, 3.8) is 0 Å². The van der Waals surface area contributed by atoms with Crippen molar-refractivity contribution in [2.45, 2.75) is 37.0 Å². The minimum absolute atomic E-state index is 0.0984. The molecule has 0 fully saturated rings. The Bertz CT molecular complexity index is 2920. The lowest BCUT2D eigenvalue weighted by atomic mass is 9.95. The highest BCUT2D eigenvalue weighted by atomic mass is 32.2. The maximum atomic E-state index is 4.06. The van der Waals surface area contributed by atoms with Gasteiger partial charge in [-0.15, -0.1) is 11.3 Å². The fourth-order valence-corrected chi connectivity index (χ4v) is 10.8. The predicted molar refractivity (Wildman–Crippen MR) is 233 cm³/mol. The number of rotatable bonds is 4. The van der Waals surface area contributed by atoms with Crippen LogP contribution in [0.15, 0.2) is 163 Å². The van der Waals surface area contributed by atoms with Crippen LogP contribution in [0.2, 0.25) is 0 Å². The Kier molecular flexibility index (Phi) is 7.97. The summed E-state index contributed by atoms with van der Waals surface area (Å²) in [4.78, 5) is 1.33. The van der Waals surface area contributed by atoms with Crippen molar-refractivity contribution in [1.82, 2.24) is 4.57 Å². The number of hydrogen-bond acceptors (Lipinski definition) is 3. The lowest BCUT2D eigenvalue weighted by Crippen LogP contribution is -2.02. The smallest absolute Gasteiger partial charge is 0.103 e. The Labute approximate surface area is 318 Å². The average molecular weight is 719 g/mol. The van der Waals surface area contributed by atoms with Gasteiger partial charge in [0.2, 0.25) is 0 Å². The average Bonchev–Trinajstić information content (AvgIpc) is 3.93. The third-order valence-electron chi connectivity index (χ3n) is 10.7. The molecule has 256 valence electrons. The molecule has 7 aromatic carbocycles. The Balaban J connectivity index is 0.00000172. The molecule has 0 amide bonds. The van der Waals surface area contributed by atoms with Crippen LogP contribution in [0.1, 0.15) is 37.6 Å². The molecule has 1 atom stereocenters. The van der Waals surface area contributed by atoms with Gasteiger partial charge in [0.05, 0.1) is 16.7 Å². The largest absolute Gasteiger partial charge is 0.368 e. The summed E-state index contributed by atoms with van der Waals surface area (Å²) in [5, 5.41) is 12.0. The van der Waals surface area contributed by atoms with E-state index >= 15 is 0 Å². The van der Waals surface area contributed by atoms with Crippen LogP contribution in [-0.4, -0.2) is 4.57 Å². The number of aromatic nitrogens is 1. The van der Waals surface area contributed by atoms with E-state index in [2.05, 4.69) is 168 Å². The standard InChI is InChI=1S/C47H32N2S2.C2H6/c1-2-13-33(14-3-1)49-40-19-8-6-16-36(40)39-27-32(25-26-41(39)49)47-48-45-44-37-17-7-9-20-42(37)50-43(44)28-38(46(45)51-47)31-23-21-30(22-24-31)35-18-10-12-29-11-4-5-15-34(29)35;1-2/h1-2,4-13,15-28,47-48H,3,14H2;1-2H3. The molecule has 1 N–H and O–H groups in total. The predicted octanol–water partition coefficient (Wildman–Crippen LogP) is 15.1. The zero-order chi connectivity index (χ0) is 35.5. The van der Waals surface area contributed by atoms with Crippen molar-refractivity contribution in [2.75, 3.05) is 5.32 Å². The number of nitrogens with one attached hydrogen (secondary N) is 1. The topological polar surface area (TPSA) is 17.0 Å². The second-order valence-corrected chi connectivity index (χ2v) is 15.8. The molecule has 0 spiro atoms. The van der Waals surface area contributed by atoms with Crippen LogP contribution in [0.3, 0.4) is 0 Å². The highest BCUT2D eigenvalue weighted by Gasteiger charge is 2.30. The molecular formula is C49H38N2S2. The quantitative estimate of drug-likeness (QED) is 0.195. The number of anilines is 1. The van der Waals surface area contributed by atoms with Gasteiger partial charge in [-0.05, 0) is 87.8 Å². The lowest BCUT2D eigenvalue weighted by molar-refractivity contribution is 0.979. The second-order valence-electron chi connectivity index (χ2n) is 13.6. The number of benzene rings is 7. The Morgan fingerprint density at radius 1 is 0.623 bits per heavy atom. The van der Waals surface area contributed by atoms with Crippen LogP contribution >= 0.6 is 23.1 Å². The normalized spacial score (nSPS) is 15.1. The van der Waals surface area contributed by atoms with Crippen molar-refractivity contribution in [1.29, 1.82) is 0 Å². The molecule has 3 heterocycles. The van der Waals surface area contributed by atoms with Crippen LogP contribution in [0.5, 0.6) is 0 Å². The van der Waals surface area contributed by atoms with Gasteiger partial charge in [-0.3, -0.25) is 0 Å². The van der Waals surface area contributed by atoms with Gasteiger partial charge in [0.15, 0.2) is 0 Å². The van der Waals surface area contributed by atoms with E-state index in [1.165, 1.54) is 96.8 Å². The summed E-state index contributed by atoms with van der Waals surface area (Å²) >= 11 is 3.85. The molecule has 9 aromatic rings. The summed E-state index contributed by atoms with van der Waals surface area (Å²) in [6, 6.07) is 51.8. The van der Waals surface area contributed by atoms with Gasteiger partial charge in [-0.2, -0.15) is 0 Å². The first-order valence-corrected chi connectivity index (χ1v) is 20.4. The van der Waals surface area contributed by atoms with E-state index < -0.39 is 0 Å². The van der Waals surface area contributed by atoms with Gasteiger partial charge in [0, 0.05) is 41.5 Å². The van der Waals surface area contributed by atoms with Crippen LogP contribution < -0.4 is 5.32 Å². The molecule has 11 rings (SSSR count). The van der Waals surface area contributed by atoms with Crippen LogP contribution in [-0.2, 0) is 0 Å². The molecule has 2 aromatic heterocycles. The number of allylic oxidation sites excluding steroid dienone is 4. The zero-order valence-corrected chi connectivity index (χ0v) is 31.4. The number of hydrogen-bond donors (Lipinski definition) is 1.